The normalized spacial score (nSPS) is 12.8. The SMILES string of the molecule is COc1ccc(CNC(=O)COc2ccc3c(c2)CCCC3)cc1OC. The van der Waals surface area contributed by atoms with Crippen molar-refractivity contribution in [2.45, 2.75) is 32.2 Å². The fourth-order valence-electron chi connectivity index (χ4n) is 3.19. The van der Waals surface area contributed by atoms with Gasteiger partial charge in [0.05, 0.1) is 14.2 Å². The van der Waals surface area contributed by atoms with Crippen molar-refractivity contribution in [2.24, 2.45) is 0 Å². The van der Waals surface area contributed by atoms with E-state index in [1.165, 1.54) is 24.0 Å². The van der Waals surface area contributed by atoms with Gasteiger partial charge < -0.3 is 19.5 Å². The van der Waals surface area contributed by atoms with Crippen molar-refractivity contribution in [2.75, 3.05) is 20.8 Å². The van der Waals surface area contributed by atoms with E-state index in [0.29, 0.717) is 18.0 Å². The molecule has 0 unspecified atom stereocenters. The summed E-state index contributed by atoms with van der Waals surface area (Å²) in [6, 6.07) is 11.7. The fourth-order valence-corrected chi connectivity index (χ4v) is 3.19. The molecule has 26 heavy (non-hydrogen) atoms. The van der Waals surface area contributed by atoms with E-state index >= 15 is 0 Å². The molecule has 0 heterocycles. The lowest BCUT2D eigenvalue weighted by molar-refractivity contribution is -0.123. The maximum absolute atomic E-state index is 12.1. The first-order valence-corrected chi connectivity index (χ1v) is 8.92. The molecule has 1 aliphatic rings. The topological polar surface area (TPSA) is 56.8 Å². The zero-order valence-corrected chi connectivity index (χ0v) is 15.3. The number of hydrogen-bond donors (Lipinski definition) is 1. The molecule has 0 spiro atoms. The van der Waals surface area contributed by atoms with Gasteiger partial charge in [-0.15, -0.1) is 0 Å². The van der Waals surface area contributed by atoms with Gasteiger partial charge in [0.25, 0.3) is 5.91 Å². The molecule has 0 aromatic heterocycles. The van der Waals surface area contributed by atoms with Crippen LogP contribution in [0.3, 0.4) is 0 Å². The van der Waals surface area contributed by atoms with E-state index in [2.05, 4.69) is 17.4 Å². The highest BCUT2D eigenvalue weighted by molar-refractivity contribution is 5.77. The Morgan fingerprint density at radius 3 is 2.50 bits per heavy atom. The second-order valence-electron chi connectivity index (χ2n) is 6.39. The number of methoxy groups -OCH3 is 2. The summed E-state index contributed by atoms with van der Waals surface area (Å²) in [6.45, 7) is 0.415. The van der Waals surface area contributed by atoms with Gasteiger partial charge in [0.2, 0.25) is 0 Å². The van der Waals surface area contributed by atoms with Crippen LogP contribution in [0.4, 0.5) is 0 Å². The van der Waals surface area contributed by atoms with Crippen LogP contribution in [0.1, 0.15) is 29.5 Å². The Morgan fingerprint density at radius 2 is 1.73 bits per heavy atom. The fraction of sp³-hybridized carbons (Fsp3) is 0.381. The molecule has 5 heteroatoms. The average Bonchev–Trinajstić information content (AvgIpc) is 2.70. The van der Waals surface area contributed by atoms with Crippen LogP contribution >= 0.6 is 0 Å². The Kier molecular flexibility index (Phi) is 6.00. The number of carbonyl (C=O) groups is 1. The Hall–Kier alpha value is -2.69. The number of hydrogen-bond acceptors (Lipinski definition) is 4. The summed E-state index contributed by atoms with van der Waals surface area (Å²) in [5.74, 6) is 1.91. The van der Waals surface area contributed by atoms with Gasteiger partial charge in [-0.2, -0.15) is 0 Å². The van der Waals surface area contributed by atoms with Crippen molar-refractivity contribution < 1.29 is 19.0 Å². The Balaban J connectivity index is 1.50. The lowest BCUT2D eigenvalue weighted by atomic mass is 9.92. The number of nitrogens with one attached hydrogen (secondary N) is 1. The number of fused-ring (bicyclic) bond motifs is 1. The van der Waals surface area contributed by atoms with Crippen LogP contribution in [0.2, 0.25) is 0 Å². The van der Waals surface area contributed by atoms with Crippen LogP contribution in [0, 0.1) is 0 Å². The molecule has 0 saturated carbocycles. The van der Waals surface area contributed by atoms with Crippen LogP contribution in [-0.4, -0.2) is 26.7 Å². The zero-order valence-electron chi connectivity index (χ0n) is 15.3. The molecule has 1 aliphatic carbocycles. The van der Waals surface area contributed by atoms with Gasteiger partial charge in [0.15, 0.2) is 18.1 Å². The molecule has 0 bridgehead atoms. The molecule has 5 nitrogen and oxygen atoms in total. The van der Waals surface area contributed by atoms with Crippen molar-refractivity contribution in [3.63, 3.8) is 0 Å². The van der Waals surface area contributed by atoms with Crippen LogP contribution in [-0.2, 0) is 24.2 Å². The van der Waals surface area contributed by atoms with Gasteiger partial charge in [-0.05, 0) is 66.6 Å². The minimum Gasteiger partial charge on any atom is -0.493 e. The molecular weight excluding hydrogens is 330 g/mol. The maximum Gasteiger partial charge on any atom is 0.258 e. The molecule has 0 atom stereocenters. The molecule has 1 N–H and O–H groups in total. The van der Waals surface area contributed by atoms with E-state index in [-0.39, 0.29) is 12.5 Å². The lowest BCUT2D eigenvalue weighted by Crippen LogP contribution is -2.28. The Bertz CT molecular complexity index is 727. The number of rotatable bonds is 7. The quantitative estimate of drug-likeness (QED) is 0.828. The molecule has 3 rings (SSSR count). The third-order valence-corrected chi connectivity index (χ3v) is 4.63. The predicted molar refractivity (Wildman–Crippen MR) is 100.0 cm³/mol. The van der Waals surface area contributed by atoms with E-state index in [9.17, 15) is 4.79 Å². The summed E-state index contributed by atoms with van der Waals surface area (Å²) in [5.41, 5.74) is 3.69. The molecule has 0 aliphatic heterocycles. The summed E-state index contributed by atoms with van der Waals surface area (Å²) in [4.78, 5) is 12.1. The summed E-state index contributed by atoms with van der Waals surface area (Å²) < 4.78 is 16.1. The predicted octanol–water partition coefficient (Wildman–Crippen LogP) is 3.28. The van der Waals surface area contributed by atoms with Gasteiger partial charge in [0.1, 0.15) is 5.75 Å². The molecule has 0 saturated heterocycles. The largest absolute Gasteiger partial charge is 0.493 e. The van der Waals surface area contributed by atoms with Crippen molar-refractivity contribution in [3.05, 3.63) is 53.1 Å². The first-order valence-electron chi connectivity index (χ1n) is 8.92. The van der Waals surface area contributed by atoms with E-state index in [4.69, 9.17) is 14.2 Å². The van der Waals surface area contributed by atoms with E-state index < -0.39 is 0 Å². The van der Waals surface area contributed by atoms with Gasteiger partial charge in [-0.1, -0.05) is 12.1 Å². The standard InChI is InChI=1S/C21H25NO4/c1-24-19-10-7-15(11-20(19)25-2)13-22-21(23)14-26-18-9-8-16-5-3-4-6-17(16)12-18/h7-12H,3-6,13-14H2,1-2H3,(H,22,23). The van der Waals surface area contributed by atoms with Gasteiger partial charge in [-0.25, -0.2) is 0 Å². The average molecular weight is 355 g/mol. The second-order valence-corrected chi connectivity index (χ2v) is 6.39. The van der Waals surface area contributed by atoms with Crippen molar-refractivity contribution in [1.82, 2.24) is 5.32 Å². The highest BCUT2D eigenvalue weighted by atomic mass is 16.5. The van der Waals surface area contributed by atoms with Crippen LogP contribution in [0.15, 0.2) is 36.4 Å². The molecule has 2 aromatic rings. The number of benzene rings is 2. The third kappa shape index (κ3) is 4.48. The minimum atomic E-state index is -0.155. The number of aryl methyl sites for hydroxylation is 2. The van der Waals surface area contributed by atoms with Crippen molar-refractivity contribution in [3.8, 4) is 17.2 Å². The van der Waals surface area contributed by atoms with Crippen molar-refractivity contribution in [1.29, 1.82) is 0 Å². The van der Waals surface area contributed by atoms with Gasteiger partial charge in [0, 0.05) is 6.54 Å². The highest BCUT2D eigenvalue weighted by Gasteiger charge is 2.11. The summed E-state index contributed by atoms with van der Waals surface area (Å²) in [7, 11) is 3.18. The van der Waals surface area contributed by atoms with Gasteiger partial charge >= 0.3 is 0 Å². The summed E-state index contributed by atoms with van der Waals surface area (Å²) in [5, 5.41) is 2.86. The van der Waals surface area contributed by atoms with E-state index in [1.54, 1.807) is 14.2 Å². The smallest absolute Gasteiger partial charge is 0.258 e. The number of amides is 1. The molecule has 0 fully saturated rings. The zero-order chi connectivity index (χ0) is 18.4. The van der Waals surface area contributed by atoms with Crippen LogP contribution in [0.5, 0.6) is 17.2 Å². The van der Waals surface area contributed by atoms with Gasteiger partial charge in [-0.3, -0.25) is 4.79 Å². The number of ether oxygens (including phenoxy) is 3. The summed E-state index contributed by atoms with van der Waals surface area (Å²) in [6.07, 6.45) is 4.72. The Morgan fingerprint density at radius 1 is 0.962 bits per heavy atom. The van der Waals surface area contributed by atoms with Crippen LogP contribution < -0.4 is 19.5 Å². The van der Waals surface area contributed by atoms with E-state index in [0.717, 1.165) is 24.2 Å². The van der Waals surface area contributed by atoms with E-state index in [1.807, 2.05) is 24.3 Å². The minimum absolute atomic E-state index is 0.00603. The maximum atomic E-state index is 12.1. The first-order chi connectivity index (χ1) is 12.7. The summed E-state index contributed by atoms with van der Waals surface area (Å²) >= 11 is 0. The first kappa shape index (κ1) is 18.1. The highest BCUT2D eigenvalue weighted by Crippen LogP contribution is 2.27. The third-order valence-electron chi connectivity index (χ3n) is 4.63. The molecule has 138 valence electrons. The molecule has 2 aromatic carbocycles. The van der Waals surface area contributed by atoms with Crippen molar-refractivity contribution >= 4 is 5.91 Å². The van der Waals surface area contributed by atoms with Crippen LogP contribution in [0.25, 0.3) is 0 Å². The molecule has 0 radical (unpaired) electrons. The monoisotopic (exact) mass is 355 g/mol. The second kappa shape index (κ2) is 8.61. The molecular formula is C21H25NO4. The lowest BCUT2D eigenvalue weighted by Gasteiger charge is -2.16. The number of carbonyl (C=O) groups excluding carboxylic acids is 1. The Labute approximate surface area is 154 Å². The molecule has 1 amide bonds.